The highest BCUT2D eigenvalue weighted by Crippen LogP contribution is 2.29. The molecule has 0 aliphatic carbocycles. The van der Waals surface area contributed by atoms with Crippen molar-refractivity contribution in [3.05, 3.63) is 78.4 Å². The molecule has 5 nitrogen and oxygen atoms in total. The first kappa shape index (κ1) is 20.1. The Bertz CT molecular complexity index is 966. The first-order valence-corrected chi connectivity index (χ1v) is 9.52. The fourth-order valence-electron chi connectivity index (χ4n) is 2.53. The molecule has 0 saturated carbocycles. The lowest BCUT2D eigenvalue weighted by Crippen LogP contribution is -2.07. The normalized spacial score (nSPS) is 10.7. The van der Waals surface area contributed by atoms with Gasteiger partial charge in [-0.1, -0.05) is 25.1 Å². The second kappa shape index (κ2) is 10.1. The van der Waals surface area contributed by atoms with Crippen LogP contribution in [0.1, 0.15) is 25.8 Å². The summed E-state index contributed by atoms with van der Waals surface area (Å²) in [5.74, 6) is 2.17. The van der Waals surface area contributed by atoms with Crippen LogP contribution >= 0.6 is 0 Å². The van der Waals surface area contributed by atoms with Gasteiger partial charge in [-0.2, -0.15) is 0 Å². The van der Waals surface area contributed by atoms with Gasteiger partial charge in [-0.05, 0) is 67.1 Å². The SMILES string of the molecule is CCOc1cc(C=Nc2ccc(Oc3ccccc3)cc2)ccc1OC(=O)CC. The van der Waals surface area contributed by atoms with E-state index in [2.05, 4.69) is 4.99 Å². The highest BCUT2D eigenvalue weighted by Gasteiger charge is 2.09. The first-order valence-electron chi connectivity index (χ1n) is 9.52. The predicted octanol–water partition coefficient (Wildman–Crippen LogP) is 5.94. The fourth-order valence-corrected chi connectivity index (χ4v) is 2.53. The smallest absolute Gasteiger partial charge is 0.311 e. The Balaban J connectivity index is 1.70. The Morgan fingerprint density at radius 3 is 2.31 bits per heavy atom. The van der Waals surface area contributed by atoms with Crippen molar-refractivity contribution in [2.45, 2.75) is 20.3 Å². The zero-order chi connectivity index (χ0) is 20.5. The maximum absolute atomic E-state index is 11.6. The van der Waals surface area contributed by atoms with Crippen LogP contribution in [0.15, 0.2) is 77.8 Å². The van der Waals surface area contributed by atoms with E-state index in [0.29, 0.717) is 24.5 Å². The molecule has 0 fully saturated rings. The average molecular weight is 389 g/mol. The molecular formula is C24H23NO4. The van der Waals surface area contributed by atoms with Crippen molar-refractivity contribution in [1.29, 1.82) is 0 Å². The molecule has 0 N–H and O–H groups in total. The Hall–Kier alpha value is -3.60. The highest BCUT2D eigenvalue weighted by atomic mass is 16.6. The van der Waals surface area contributed by atoms with Crippen LogP contribution in [-0.2, 0) is 4.79 Å². The Morgan fingerprint density at radius 1 is 0.897 bits per heavy atom. The third-order valence-corrected chi connectivity index (χ3v) is 3.96. The zero-order valence-corrected chi connectivity index (χ0v) is 16.5. The summed E-state index contributed by atoms with van der Waals surface area (Å²) >= 11 is 0. The van der Waals surface area contributed by atoms with Gasteiger partial charge in [-0.3, -0.25) is 9.79 Å². The summed E-state index contributed by atoms with van der Waals surface area (Å²) in [5, 5.41) is 0. The van der Waals surface area contributed by atoms with Crippen LogP contribution in [-0.4, -0.2) is 18.8 Å². The van der Waals surface area contributed by atoms with E-state index < -0.39 is 0 Å². The van der Waals surface area contributed by atoms with Gasteiger partial charge in [0.25, 0.3) is 0 Å². The molecular weight excluding hydrogens is 366 g/mol. The zero-order valence-electron chi connectivity index (χ0n) is 16.5. The number of hydrogen-bond donors (Lipinski definition) is 0. The van der Waals surface area contributed by atoms with E-state index in [-0.39, 0.29) is 5.97 Å². The van der Waals surface area contributed by atoms with E-state index >= 15 is 0 Å². The van der Waals surface area contributed by atoms with E-state index in [0.717, 1.165) is 22.7 Å². The Labute approximate surface area is 170 Å². The summed E-state index contributed by atoms with van der Waals surface area (Å²) in [6.45, 7) is 4.10. The van der Waals surface area contributed by atoms with Crippen LogP contribution in [0, 0.1) is 0 Å². The maximum atomic E-state index is 11.6. The molecule has 148 valence electrons. The van der Waals surface area contributed by atoms with Crippen LogP contribution in [0.3, 0.4) is 0 Å². The van der Waals surface area contributed by atoms with Gasteiger partial charge in [0, 0.05) is 12.6 Å². The summed E-state index contributed by atoms with van der Waals surface area (Å²) in [4.78, 5) is 16.1. The van der Waals surface area contributed by atoms with Crippen molar-refractivity contribution < 1.29 is 19.0 Å². The highest BCUT2D eigenvalue weighted by molar-refractivity contribution is 5.83. The number of benzene rings is 3. The van der Waals surface area contributed by atoms with E-state index in [9.17, 15) is 4.79 Å². The standard InChI is InChI=1S/C24H23NO4/c1-3-24(26)29-22-15-10-18(16-23(22)27-4-2)17-25-19-11-13-21(14-12-19)28-20-8-6-5-7-9-20/h5-17H,3-4H2,1-2H3. The molecule has 3 rings (SSSR count). The molecule has 3 aromatic rings. The predicted molar refractivity (Wildman–Crippen MR) is 114 cm³/mol. The Kier molecular flexibility index (Phi) is 7.00. The monoisotopic (exact) mass is 389 g/mol. The van der Waals surface area contributed by atoms with Crippen molar-refractivity contribution in [3.63, 3.8) is 0 Å². The Morgan fingerprint density at radius 2 is 1.62 bits per heavy atom. The van der Waals surface area contributed by atoms with Crippen LogP contribution in [0.5, 0.6) is 23.0 Å². The number of carbonyl (C=O) groups is 1. The number of para-hydroxylation sites is 1. The molecule has 0 aliphatic rings. The lowest BCUT2D eigenvalue weighted by atomic mass is 10.2. The number of ether oxygens (including phenoxy) is 3. The molecule has 0 radical (unpaired) electrons. The van der Waals surface area contributed by atoms with Crippen LogP contribution in [0.2, 0.25) is 0 Å². The molecule has 5 heteroatoms. The minimum absolute atomic E-state index is 0.301. The van der Waals surface area contributed by atoms with Crippen molar-refractivity contribution in [3.8, 4) is 23.0 Å². The van der Waals surface area contributed by atoms with Gasteiger partial charge >= 0.3 is 5.97 Å². The fraction of sp³-hybridized carbons (Fsp3) is 0.167. The van der Waals surface area contributed by atoms with Gasteiger partial charge < -0.3 is 14.2 Å². The molecule has 3 aromatic carbocycles. The van der Waals surface area contributed by atoms with Crippen LogP contribution in [0.25, 0.3) is 0 Å². The minimum Gasteiger partial charge on any atom is -0.490 e. The quantitative estimate of drug-likeness (QED) is 0.272. The van der Waals surface area contributed by atoms with Crippen LogP contribution in [0.4, 0.5) is 5.69 Å². The van der Waals surface area contributed by atoms with Gasteiger partial charge in [-0.25, -0.2) is 0 Å². The first-order chi connectivity index (χ1) is 14.2. The number of esters is 1. The second-order valence-corrected chi connectivity index (χ2v) is 6.13. The van der Waals surface area contributed by atoms with Crippen molar-refractivity contribution in [1.82, 2.24) is 0 Å². The van der Waals surface area contributed by atoms with E-state index in [1.165, 1.54) is 0 Å². The van der Waals surface area contributed by atoms with E-state index in [1.54, 1.807) is 25.3 Å². The molecule has 0 amide bonds. The van der Waals surface area contributed by atoms with Gasteiger partial charge in [-0.15, -0.1) is 0 Å². The molecule has 29 heavy (non-hydrogen) atoms. The maximum Gasteiger partial charge on any atom is 0.311 e. The molecule has 0 unspecified atom stereocenters. The molecule has 0 saturated heterocycles. The van der Waals surface area contributed by atoms with Crippen LogP contribution < -0.4 is 14.2 Å². The molecule has 0 bridgehead atoms. The summed E-state index contributed by atoms with van der Waals surface area (Å²) < 4.78 is 16.7. The van der Waals surface area contributed by atoms with Gasteiger partial charge in [0.05, 0.1) is 12.3 Å². The molecule has 0 heterocycles. The number of aliphatic imine (C=N–C) groups is 1. The van der Waals surface area contributed by atoms with Crippen molar-refractivity contribution in [2.75, 3.05) is 6.61 Å². The average Bonchev–Trinajstić information content (AvgIpc) is 2.75. The molecule has 0 aliphatic heterocycles. The number of nitrogens with zero attached hydrogens (tertiary/aromatic N) is 1. The molecule has 0 spiro atoms. The summed E-state index contributed by atoms with van der Waals surface area (Å²) in [5.41, 5.74) is 1.64. The van der Waals surface area contributed by atoms with Crippen molar-refractivity contribution >= 4 is 17.9 Å². The van der Waals surface area contributed by atoms with Gasteiger partial charge in [0.1, 0.15) is 11.5 Å². The lowest BCUT2D eigenvalue weighted by Gasteiger charge is -2.10. The number of carbonyl (C=O) groups excluding carboxylic acids is 1. The van der Waals surface area contributed by atoms with Gasteiger partial charge in [0.15, 0.2) is 11.5 Å². The third kappa shape index (κ3) is 5.94. The van der Waals surface area contributed by atoms with Gasteiger partial charge in [0.2, 0.25) is 0 Å². The minimum atomic E-state index is -0.301. The summed E-state index contributed by atoms with van der Waals surface area (Å²) in [7, 11) is 0. The van der Waals surface area contributed by atoms with Crippen molar-refractivity contribution in [2.24, 2.45) is 4.99 Å². The number of rotatable bonds is 8. The summed E-state index contributed by atoms with van der Waals surface area (Å²) in [6, 6.07) is 22.5. The van der Waals surface area contributed by atoms with E-state index in [4.69, 9.17) is 14.2 Å². The molecule has 0 aromatic heterocycles. The number of hydrogen-bond acceptors (Lipinski definition) is 5. The van der Waals surface area contributed by atoms with E-state index in [1.807, 2.05) is 67.6 Å². The largest absolute Gasteiger partial charge is 0.490 e. The summed E-state index contributed by atoms with van der Waals surface area (Å²) in [6.07, 6.45) is 2.04. The lowest BCUT2D eigenvalue weighted by molar-refractivity contribution is -0.134. The molecule has 0 atom stereocenters. The third-order valence-electron chi connectivity index (χ3n) is 3.96. The topological polar surface area (TPSA) is 57.1 Å². The second-order valence-electron chi connectivity index (χ2n) is 6.13.